The number of pyridine rings is 1. The van der Waals surface area contributed by atoms with Crippen molar-refractivity contribution in [2.45, 2.75) is 52.2 Å². The maximum Gasteiger partial charge on any atom is 0.341 e. The van der Waals surface area contributed by atoms with Crippen LogP contribution in [-0.2, 0) is 20.6 Å². The Labute approximate surface area is 290 Å². The van der Waals surface area contributed by atoms with Crippen LogP contribution in [0.3, 0.4) is 0 Å². The Morgan fingerprint density at radius 1 is 1.20 bits per heavy atom. The van der Waals surface area contributed by atoms with Gasteiger partial charge in [0, 0.05) is 70.9 Å². The van der Waals surface area contributed by atoms with Gasteiger partial charge >= 0.3 is 11.7 Å². The summed E-state index contributed by atoms with van der Waals surface area (Å²) in [6.07, 6.45) is 8.26. The smallest absolute Gasteiger partial charge is 0.341 e. The molecule has 0 amide bonds. The zero-order valence-electron chi connectivity index (χ0n) is 28.8. The maximum atomic E-state index is 15.1. The van der Waals surface area contributed by atoms with Crippen molar-refractivity contribution in [1.82, 2.24) is 38.5 Å². The van der Waals surface area contributed by atoms with E-state index in [0.717, 1.165) is 34.8 Å². The standard InChI is InChI=1S/C19H22FN3O4.C10H14N4O2.C4H6N2S/c1-10-8-22(6-5-21-10)16-14(20)7-12-15(18(16)27-2)23(11-3-4-11)9-13(17(12)24)19(25)26;1-6(2)4-14-8-7(11-5-12-8)9(15)13(3)10(14)16;1-6-3-2-5-4(6)7/h7,9-11,21H,3-6,8H2,1-2H3,(H,25,26);5-6H,4H2,1-3H3,(H,11,12);2-3H,1H3,(H,5,7). The number of aromatic nitrogens is 7. The molecule has 1 saturated heterocycles. The number of nitrogens with zero attached hydrogens (tertiary/aromatic N) is 6. The van der Waals surface area contributed by atoms with Crippen molar-refractivity contribution in [3.05, 3.63) is 78.2 Å². The van der Waals surface area contributed by atoms with E-state index in [2.05, 4.69) is 20.3 Å². The third-order valence-corrected chi connectivity index (χ3v) is 8.95. The number of carboxylic acid groups (broad SMARTS) is 1. The molecule has 5 aromatic rings. The van der Waals surface area contributed by atoms with Gasteiger partial charge < -0.3 is 39.2 Å². The van der Waals surface area contributed by atoms with Gasteiger partial charge in [0.05, 0.1) is 24.3 Å². The number of nitrogens with one attached hydrogen (secondary N) is 3. The number of methoxy groups -OCH3 is 1. The second-order valence-electron chi connectivity index (χ2n) is 12.9. The molecule has 2 aliphatic rings. The molecule has 1 unspecified atom stereocenters. The van der Waals surface area contributed by atoms with Crippen LogP contribution in [-0.4, -0.2) is 77.1 Å². The van der Waals surface area contributed by atoms with Crippen molar-refractivity contribution < 1.29 is 19.0 Å². The number of anilines is 1. The minimum Gasteiger partial charge on any atom is -0.492 e. The Morgan fingerprint density at radius 3 is 2.46 bits per heavy atom. The van der Waals surface area contributed by atoms with Crippen molar-refractivity contribution in [2.75, 3.05) is 31.6 Å². The van der Waals surface area contributed by atoms with Gasteiger partial charge in [0.25, 0.3) is 5.56 Å². The molecule has 2 fully saturated rings. The number of benzene rings is 1. The van der Waals surface area contributed by atoms with Gasteiger partial charge in [-0.05, 0) is 44.0 Å². The van der Waals surface area contributed by atoms with Crippen LogP contribution in [0.25, 0.3) is 22.1 Å². The van der Waals surface area contributed by atoms with Crippen LogP contribution in [0.2, 0.25) is 0 Å². The minimum atomic E-state index is -1.31. The summed E-state index contributed by atoms with van der Waals surface area (Å²) in [4.78, 5) is 59.4. The molecule has 1 aliphatic heterocycles. The lowest BCUT2D eigenvalue weighted by Gasteiger charge is -2.35. The predicted molar refractivity (Wildman–Crippen MR) is 191 cm³/mol. The summed E-state index contributed by atoms with van der Waals surface area (Å²) in [6, 6.07) is 1.45. The van der Waals surface area contributed by atoms with Gasteiger partial charge in [0.2, 0.25) is 5.43 Å². The Kier molecular flexibility index (Phi) is 10.8. The number of fused-ring (bicyclic) bond motifs is 2. The van der Waals surface area contributed by atoms with Gasteiger partial charge in [-0.25, -0.2) is 19.0 Å². The van der Waals surface area contributed by atoms with Crippen LogP contribution in [0.4, 0.5) is 10.1 Å². The molecule has 5 heterocycles. The summed E-state index contributed by atoms with van der Waals surface area (Å²) in [7, 11) is 4.83. The fourth-order valence-corrected chi connectivity index (χ4v) is 6.08. The topological polar surface area (TPSA) is 177 Å². The van der Waals surface area contributed by atoms with Crippen LogP contribution in [0, 0.1) is 16.5 Å². The minimum absolute atomic E-state index is 0.0445. The summed E-state index contributed by atoms with van der Waals surface area (Å²) < 4.78 is 27.7. The molecule has 50 heavy (non-hydrogen) atoms. The van der Waals surface area contributed by atoms with Gasteiger partial charge in [-0.15, -0.1) is 0 Å². The number of aromatic carboxylic acids is 1. The highest BCUT2D eigenvalue weighted by molar-refractivity contribution is 7.71. The molecule has 0 spiro atoms. The van der Waals surface area contributed by atoms with Crippen molar-refractivity contribution in [3.63, 3.8) is 0 Å². The second-order valence-corrected chi connectivity index (χ2v) is 13.3. The molecular weight excluding hydrogens is 669 g/mol. The zero-order chi connectivity index (χ0) is 36.4. The maximum absolute atomic E-state index is 15.1. The number of hydrogen-bond acceptors (Lipinski definition) is 9. The molecule has 7 rings (SSSR count). The summed E-state index contributed by atoms with van der Waals surface area (Å²) in [5.74, 6) is -1.28. The highest BCUT2D eigenvalue weighted by Gasteiger charge is 2.32. The fraction of sp³-hybridized carbons (Fsp3) is 0.455. The molecule has 268 valence electrons. The molecule has 1 aliphatic carbocycles. The normalized spacial score (nSPS) is 15.8. The Bertz CT molecular complexity index is 2280. The Balaban J connectivity index is 0.000000177. The lowest BCUT2D eigenvalue weighted by molar-refractivity contribution is 0.0694. The SMILES string of the molecule is CC(C)Cn1c(=O)n(C)c(=O)c2[nH]cnc21.COc1c(N2CCNC(C)C2)c(F)cc2c(=O)c(C(=O)O)cn(C3CC3)c12.Cn1cc[nH]c1=S. The van der Waals surface area contributed by atoms with E-state index in [1.165, 1.54) is 31.2 Å². The van der Waals surface area contributed by atoms with Gasteiger partial charge in [0.15, 0.2) is 22.0 Å². The first-order valence-corrected chi connectivity index (χ1v) is 16.7. The molecule has 4 aromatic heterocycles. The molecule has 15 nitrogen and oxygen atoms in total. The number of H-pyrrole nitrogens is 2. The first kappa shape index (κ1) is 36.3. The van der Waals surface area contributed by atoms with Crippen molar-refractivity contribution in [2.24, 2.45) is 20.0 Å². The van der Waals surface area contributed by atoms with Crippen molar-refractivity contribution in [3.8, 4) is 5.75 Å². The Hall–Kier alpha value is -5.03. The number of hydrogen-bond donors (Lipinski definition) is 4. The quantitative estimate of drug-likeness (QED) is 0.192. The number of piperazine rings is 1. The summed E-state index contributed by atoms with van der Waals surface area (Å²) in [6.45, 7) is 8.54. The summed E-state index contributed by atoms with van der Waals surface area (Å²) >= 11 is 4.79. The first-order valence-electron chi connectivity index (χ1n) is 16.2. The number of aryl methyl sites for hydroxylation is 1. The first-order chi connectivity index (χ1) is 23.7. The van der Waals surface area contributed by atoms with E-state index in [0.29, 0.717) is 53.7 Å². The van der Waals surface area contributed by atoms with E-state index in [-0.39, 0.29) is 34.3 Å². The molecular formula is C33H42FN9O6S. The number of carboxylic acids is 1. The highest BCUT2D eigenvalue weighted by atomic mass is 32.1. The average Bonchev–Trinajstić information content (AvgIpc) is 3.68. The molecule has 1 atom stereocenters. The van der Waals surface area contributed by atoms with E-state index >= 15 is 4.39 Å². The summed E-state index contributed by atoms with van der Waals surface area (Å²) in [5.41, 5.74) is -0.0839. The fourth-order valence-electron chi connectivity index (χ4n) is 5.95. The molecule has 0 radical (unpaired) electrons. The van der Waals surface area contributed by atoms with Crippen LogP contribution in [0.1, 0.15) is 50.0 Å². The third kappa shape index (κ3) is 7.28. The number of aromatic amines is 2. The van der Waals surface area contributed by atoms with Crippen molar-refractivity contribution >= 4 is 45.9 Å². The third-order valence-electron chi connectivity index (χ3n) is 8.54. The van der Waals surface area contributed by atoms with Crippen LogP contribution >= 0.6 is 12.2 Å². The van der Waals surface area contributed by atoms with E-state index < -0.39 is 17.2 Å². The van der Waals surface area contributed by atoms with Gasteiger partial charge in [-0.2, -0.15) is 0 Å². The molecule has 1 aromatic carbocycles. The predicted octanol–water partition coefficient (Wildman–Crippen LogP) is 3.14. The lowest BCUT2D eigenvalue weighted by Crippen LogP contribution is -2.49. The molecule has 4 N–H and O–H groups in total. The van der Waals surface area contributed by atoms with Crippen LogP contribution in [0.15, 0.2) is 45.4 Å². The van der Waals surface area contributed by atoms with E-state index in [1.54, 1.807) is 4.57 Å². The van der Waals surface area contributed by atoms with Crippen LogP contribution < -0.4 is 31.6 Å². The largest absolute Gasteiger partial charge is 0.492 e. The highest BCUT2D eigenvalue weighted by Crippen LogP contribution is 2.43. The van der Waals surface area contributed by atoms with Crippen molar-refractivity contribution in [1.29, 1.82) is 0 Å². The molecule has 17 heteroatoms. The van der Waals surface area contributed by atoms with E-state index in [1.807, 2.05) is 49.7 Å². The van der Waals surface area contributed by atoms with E-state index in [9.17, 15) is 24.3 Å². The molecule has 0 bridgehead atoms. The monoisotopic (exact) mass is 711 g/mol. The second kappa shape index (κ2) is 14.8. The van der Waals surface area contributed by atoms with Crippen LogP contribution in [0.5, 0.6) is 5.75 Å². The number of rotatable bonds is 6. The number of carbonyl (C=O) groups is 1. The van der Waals surface area contributed by atoms with E-state index in [4.69, 9.17) is 17.0 Å². The number of halogens is 1. The molecule has 1 saturated carbocycles. The van der Waals surface area contributed by atoms with Gasteiger partial charge in [-0.3, -0.25) is 18.7 Å². The number of imidazole rings is 2. The zero-order valence-corrected chi connectivity index (χ0v) is 29.6. The Morgan fingerprint density at radius 2 is 1.92 bits per heavy atom. The summed E-state index contributed by atoms with van der Waals surface area (Å²) in [5, 5.41) is 12.7. The van der Waals surface area contributed by atoms with Gasteiger partial charge in [-0.1, -0.05) is 13.8 Å². The average molecular weight is 712 g/mol. The number of ether oxygens (including phenoxy) is 1. The lowest BCUT2D eigenvalue weighted by atomic mass is 10.1. The van der Waals surface area contributed by atoms with Gasteiger partial charge in [0.1, 0.15) is 16.8 Å².